The Morgan fingerprint density at radius 1 is 1.08 bits per heavy atom. The van der Waals surface area contributed by atoms with Gasteiger partial charge in [0, 0.05) is 27.1 Å². The average Bonchev–Trinajstić information content (AvgIpc) is 2.65. The van der Waals surface area contributed by atoms with Crippen LogP contribution in [0, 0.1) is 0 Å². The van der Waals surface area contributed by atoms with Crippen molar-refractivity contribution < 1.29 is 9.53 Å². The second-order valence-corrected chi connectivity index (χ2v) is 8.30. The Labute approximate surface area is 163 Å². The number of fused-ring (bicyclic) bond motifs is 1. The molecule has 0 aliphatic heterocycles. The van der Waals surface area contributed by atoms with E-state index in [1.54, 1.807) is 17.8 Å². The van der Waals surface area contributed by atoms with Gasteiger partial charge in [-0.25, -0.2) is 4.79 Å². The molecule has 0 saturated carbocycles. The first-order chi connectivity index (χ1) is 12.7. The molecule has 1 aromatic heterocycles. The topological polar surface area (TPSA) is 43.4 Å². The zero-order chi connectivity index (χ0) is 18.6. The van der Waals surface area contributed by atoms with E-state index in [2.05, 4.69) is 12.6 Å². The highest BCUT2D eigenvalue weighted by molar-refractivity contribution is 7.99. The van der Waals surface area contributed by atoms with Crippen molar-refractivity contribution in [2.75, 3.05) is 12.4 Å². The fourth-order valence-electron chi connectivity index (χ4n) is 2.70. The fraction of sp³-hybridized carbons (Fsp3) is 0.429. The van der Waals surface area contributed by atoms with E-state index >= 15 is 0 Å². The van der Waals surface area contributed by atoms with Crippen LogP contribution < -0.4 is 4.74 Å². The summed E-state index contributed by atoms with van der Waals surface area (Å²) in [5.41, 5.74) is 0. The Bertz CT molecular complexity index is 767. The van der Waals surface area contributed by atoms with Gasteiger partial charge in [-0.05, 0) is 24.7 Å². The van der Waals surface area contributed by atoms with E-state index in [4.69, 9.17) is 4.74 Å². The summed E-state index contributed by atoms with van der Waals surface area (Å²) in [7, 11) is 0. The van der Waals surface area contributed by atoms with Crippen molar-refractivity contribution >= 4 is 39.2 Å². The molecule has 0 saturated heterocycles. The van der Waals surface area contributed by atoms with Gasteiger partial charge in [-0.2, -0.15) is 0 Å². The molecule has 2 rings (SSSR count). The van der Waals surface area contributed by atoms with Crippen LogP contribution in [0.1, 0.15) is 44.9 Å². The fourth-order valence-corrected chi connectivity index (χ4v) is 4.76. The Hall–Kier alpha value is -1.59. The molecule has 1 heterocycles. The van der Waals surface area contributed by atoms with E-state index in [9.17, 15) is 9.59 Å². The number of carbonyl (C=O) groups is 1. The van der Waals surface area contributed by atoms with Crippen LogP contribution in [-0.4, -0.2) is 18.3 Å². The lowest BCUT2D eigenvalue weighted by molar-refractivity contribution is -0.137. The molecule has 140 valence electrons. The van der Waals surface area contributed by atoms with Crippen LogP contribution in [0.2, 0.25) is 0 Å². The largest absolute Gasteiger partial charge is 0.463 e. The summed E-state index contributed by atoms with van der Waals surface area (Å²) in [5, 5.41) is 1.19. The molecule has 0 fully saturated rings. The highest BCUT2D eigenvalue weighted by Crippen LogP contribution is 2.28. The first kappa shape index (κ1) is 20.7. The van der Waals surface area contributed by atoms with Crippen LogP contribution in [0.3, 0.4) is 0 Å². The van der Waals surface area contributed by atoms with Gasteiger partial charge >= 0.3 is 5.97 Å². The summed E-state index contributed by atoms with van der Waals surface area (Å²) in [5.74, 6) is 0.716. The van der Waals surface area contributed by atoms with Crippen molar-refractivity contribution in [1.82, 2.24) is 0 Å². The summed E-state index contributed by atoms with van der Waals surface area (Å²) in [6.07, 6.45) is 9.26. The molecule has 0 aliphatic rings. The second-order valence-electron chi connectivity index (χ2n) is 6.12. The molecular formula is C21H26O3S2. The minimum absolute atomic E-state index is 0.130. The summed E-state index contributed by atoms with van der Waals surface area (Å²) >= 11 is 3.11. The second kappa shape index (κ2) is 11.9. The van der Waals surface area contributed by atoms with Crippen LogP contribution in [0.4, 0.5) is 0 Å². The Balaban J connectivity index is 1.56. The number of hydrogen-bond donors (Lipinski definition) is 0. The molecular weight excluding hydrogens is 364 g/mol. The number of esters is 1. The molecule has 26 heavy (non-hydrogen) atoms. The van der Waals surface area contributed by atoms with Gasteiger partial charge in [0.05, 0.1) is 6.61 Å². The molecule has 0 unspecified atom stereocenters. The van der Waals surface area contributed by atoms with Gasteiger partial charge in [0.1, 0.15) is 0 Å². The van der Waals surface area contributed by atoms with Gasteiger partial charge in [-0.3, -0.25) is 4.79 Å². The van der Waals surface area contributed by atoms with Crippen molar-refractivity contribution in [1.29, 1.82) is 0 Å². The average molecular weight is 391 g/mol. The SMILES string of the molecule is C=CC(=O)OCCCCCCCCCSc1cc(=O)sc2ccccc12. The van der Waals surface area contributed by atoms with Gasteiger partial charge in [-0.1, -0.05) is 68.2 Å². The molecule has 0 N–H and O–H groups in total. The van der Waals surface area contributed by atoms with Crippen molar-refractivity contribution in [3.63, 3.8) is 0 Å². The maximum absolute atomic E-state index is 11.8. The predicted octanol–water partition coefficient (Wildman–Crippen LogP) is 5.81. The van der Waals surface area contributed by atoms with Crippen molar-refractivity contribution in [3.05, 3.63) is 52.5 Å². The van der Waals surface area contributed by atoms with Crippen molar-refractivity contribution in [2.45, 2.75) is 49.8 Å². The number of carbonyl (C=O) groups excluding carboxylic acids is 1. The van der Waals surface area contributed by atoms with E-state index in [-0.39, 0.29) is 10.7 Å². The normalized spacial score (nSPS) is 10.8. The predicted molar refractivity (Wildman–Crippen MR) is 112 cm³/mol. The van der Waals surface area contributed by atoms with Gasteiger partial charge in [0.25, 0.3) is 0 Å². The lowest BCUT2D eigenvalue weighted by atomic mass is 10.1. The van der Waals surface area contributed by atoms with Crippen LogP contribution >= 0.6 is 23.1 Å². The highest BCUT2D eigenvalue weighted by atomic mass is 32.2. The van der Waals surface area contributed by atoms with Crippen LogP contribution in [0.25, 0.3) is 10.1 Å². The van der Waals surface area contributed by atoms with E-state index < -0.39 is 0 Å². The molecule has 2 aromatic rings. The maximum atomic E-state index is 11.8. The zero-order valence-electron chi connectivity index (χ0n) is 15.1. The number of unbranched alkanes of at least 4 members (excludes halogenated alkanes) is 6. The maximum Gasteiger partial charge on any atom is 0.330 e. The van der Waals surface area contributed by atoms with E-state index in [0.29, 0.717) is 6.61 Å². The molecule has 3 nitrogen and oxygen atoms in total. The summed E-state index contributed by atoms with van der Waals surface area (Å²) in [4.78, 5) is 23.8. The molecule has 0 spiro atoms. The third kappa shape index (κ3) is 7.34. The number of benzene rings is 1. The highest BCUT2D eigenvalue weighted by Gasteiger charge is 2.04. The van der Waals surface area contributed by atoms with E-state index in [0.717, 1.165) is 28.2 Å². The summed E-state index contributed by atoms with van der Waals surface area (Å²) in [6, 6.07) is 9.90. The lowest BCUT2D eigenvalue weighted by Gasteiger charge is -2.06. The molecule has 0 amide bonds. The molecule has 1 aromatic carbocycles. The Morgan fingerprint density at radius 3 is 2.54 bits per heavy atom. The monoisotopic (exact) mass is 390 g/mol. The number of hydrogen-bond acceptors (Lipinski definition) is 5. The minimum atomic E-state index is -0.335. The first-order valence-corrected chi connectivity index (χ1v) is 11.0. The van der Waals surface area contributed by atoms with Crippen LogP contribution in [0.5, 0.6) is 0 Å². The standard InChI is InChI=1S/C21H26O3S2/c1-2-20(22)24-14-10-6-4-3-5-7-11-15-25-19-16-21(23)26-18-13-9-8-12-17(18)19/h2,8-9,12-13,16H,1,3-7,10-11,14-15H2. The van der Waals surface area contributed by atoms with Gasteiger partial charge in [0.15, 0.2) is 0 Å². The lowest BCUT2D eigenvalue weighted by Crippen LogP contribution is -2.01. The van der Waals surface area contributed by atoms with Crippen LogP contribution in [0.15, 0.2) is 52.7 Å². The minimum Gasteiger partial charge on any atom is -0.463 e. The zero-order valence-corrected chi connectivity index (χ0v) is 16.7. The van der Waals surface area contributed by atoms with E-state index in [1.807, 2.05) is 18.2 Å². The third-order valence-corrected chi connectivity index (χ3v) is 6.11. The quantitative estimate of drug-likeness (QED) is 0.198. The van der Waals surface area contributed by atoms with Gasteiger partial charge in [0.2, 0.25) is 4.74 Å². The first-order valence-electron chi connectivity index (χ1n) is 9.15. The van der Waals surface area contributed by atoms with Gasteiger partial charge in [-0.15, -0.1) is 11.8 Å². The Kier molecular flexibility index (Phi) is 9.50. The number of rotatable bonds is 12. The van der Waals surface area contributed by atoms with Gasteiger partial charge < -0.3 is 4.74 Å². The van der Waals surface area contributed by atoms with Crippen molar-refractivity contribution in [2.24, 2.45) is 0 Å². The number of thioether (sulfide) groups is 1. The van der Waals surface area contributed by atoms with E-state index in [1.165, 1.54) is 54.9 Å². The molecule has 0 aliphatic carbocycles. The molecule has 0 bridgehead atoms. The third-order valence-electron chi connectivity index (χ3n) is 4.07. The molecule has 5 heteroatoms. The van der Waals surface area contributed by atoms with Crippen LogP contribution in [-0.2, 0) is 9.53 Å². The smallest absolute Gasteiger partial charge is 0.330 e. The molecule has 0 atom stereocenters. The Morgan fingerprint density at radius 2 is 1.77 bits per heavy atom. The molecule has 0 radical (unpaired) electrons. The van der Waals surface area contributed by atoms with Crippen molar-refractivity contribution in [3.8, 4) is 0 Å². The number of ether oxygens (including phenoxy) is 1. The summed E-state index contributed by atoms with van der Waals surface area (Å²) < 4.78 is 6.15. The summed E-state index contributed by atoms with van der Waals surface area (Å²) in [6.45, 7) is 3.87.